The summed E-state index contributed by atoms with van der Waals surface area (Å²) >= 11 is 0. The lowest BCUT2D eigenvalue weighted by Gasteiger charge is -2.32. The third-order valence-corrected chi connectivity index (χ3v) is 4.20. The molecule has 5 nitrogen and oxygen atoms in total. The zero-order valence-electron chi connectivity index (χ0n) is 11.6. The average molecular weight is 275 g/mol. The summed E-state index contributed by atoms with van der Waals surface area (Å²) in [6, 6.07) is 3.58. The Hall–Kier alpha value is -1.62. The van der Waals surface area contributed by atoms with E-state index in [-0.39, 0.29) is 11.5 Å². The molecule has 0 aromatic carbocycles. The van der Waals surface area contributed by atoms with E-state index in [4.69, 9.17) is 0 Å². The Balaban J connectivity index is 1.51. The van der Waals surface area contributed by atoms with Crippen molar-refractivity contribution in [1.82, 2.24) is 15.2 Å². The Kier molecular flexibility index (Phi) is 3.87. The van der Waals surface area contributed by atoms with Crippen LogP contribution in [-0.4, -0.2) is 41.5 Å². The van der Waals surface area contributed by atoms with Crippen LogP contribution in [0.15, 0.2) is 23.1 Å². The van der Waals surface area contributed by atoms with Crippen molar-refractivity contribution in [3.8, 4) is 0 Å². The largest absolute Gasteiger partial charge is 0.339 e. The van der Waals surface area contributed by atoms with Gasteiger partial charge in [0.1, 0.15) is 0 Å². The monoisotopic (exact) mass is 275 g/mol. The van der Waals surface area contributed by atoms with E-state index < -0.39 is 0 Å². The molecular formula is C15H21N3O2. The summed E-state index contributed by atoms with van der Waals surface area (Å²) in [5.74, 6) is 0.863. The molecule has 3 rings (SSSR count). The van der Waals surface area contributed by atoms with Crippen LogP contribution in [0.4, 0.5) is 0 Å². The van der Waals surface area contributed by atoms with Gasteiger partial charge in [0.2, 0.25) is 5.56 Å². The van der Waals surface area contributed by atoms with Crippen LogP contribution in [-0.2, 0) is 0 Å². The number of H-pyrrole nitrogens is 1. The third kappa shape index (κ3) is 3.28. The molecule has 1 aliphatic heterocycles. The number of amides is 1. The fourth-order valence-corrected chi connectivity index (χ4v) is 2.70. The van der Waals surface area contributed by atoms with Crippen LogP contribution >= 0.6 is 0 Å². The minimum absolute atomic E-state index is 0.0308. The van der Waals surface area contributed by atoms with Gasteiger partial charge in [0, 0.05) is 37.0 Å². The number of aromatic amines is 1. The normalized spacial score (nSPS) is 20.1. The lowest BCUT2D eigenvalue weighted by molar-refractivity contribution is 0.0704. The lowest BCUT2D eigenvalue weighted by atomic mass is 10.0. The SMILES string of the molecule is O=C(c1cc[nH]c(=O)c1)N1CCC(NCC2CC2)CC1. The second-order valence-corrected chi connectivity index (χ2v) is 5.86. The first-order valence-corrected chi connectivity index (χ1v) is 7.44. The molecule has 1 saturated carbocycles. The Morgan fingerprint density at radius 2 is 2.05 bits per heavy atom. The zero-order chi connectivity index (χ0) is 13.9. The molecule has 1 aliphatic carbocycles. The summed E-state index contributed by atoms with van der Waals surface area (Å²) < 4.78 is 0. The van der Waals surface area contributed by atoms with E-state index in [1.165, 1.54) is 25.1 Å². The Morgan fingerprint density at radius 3 is 2.70 bits per heavy atom. The molecule has 0 atom stereocenters. The van der Waals surface area contributed by atoms with Crippen molar-refractivity contribution in [1.29, 1.82) is 0 Å². The molecule has 108 valence electrons. The van der Waals surface area contributed by atoms with Crippen molar-refractivity contribution >= 4 is 5.91 Å². The highest BCUT2D eigenvalue weighted by Crippen LogP contribution is 2.28. The van der Waals surface area contributed by atoms with Crippen molar-refractivity contribution in [2.45, 2.75) is 31.7 Å². The fraction of sp³-hybridized carbons (Fsp3) is 0.600. The van der Waals surface area contributed by atoms with Gasteiger partial charge in [0.05, 0.1) is 0 Å². The summed E-state index contributed by atoms with van der Waals surface area (Å²) in [6.45, 7) is 2.68. The summed E-state index contributed by atoms with van der Waals surface area (Å²) in [7, 11) is 0. The molecule has 0 bridgehead atoms. The second kappa shape index (κ2) is 5.79. The van der Waals surface area contributed by atoms with Gasteiger partial charge in [-0.3, -0.25) is 9.59 Å². The molecule has 1 aromatic heterocycles. The van der Waals surface area contributed by atoms with Crippen LogP contribution in [0.25, 0.3) is 0 Å². The molecule has 0 radical (unpaired) electrons. The number of hydrogen-bond acceptors (Lipinski definition) is 3. The number of pyridine rings is 1. The van der Waals surface area contributed by atoms with Crippen LogP contribution in [0.1, 0.15) is 36.0 Å². The molecule has 2 heterocycles. The number of carbonyl (C=O) groups excluding carboxylic acids is 1. The molecule has 2 aliphatic rings. The fourth-order valence-electron chi connectivity index (χ4n) is 2.70. The van der Waals surface area contributed by atoms with E-state index in [1.807, 2.05) is 4.90 Å². The number of piperidine rings is 1. The van der Waals surface area contributed by atoms with Crippen molar-refractivity contribution < 1.29 is 4.79 Å². The van der Waals surface area contributed by atoms with Gasteiger partial charge in [-0.05, 0) is 44.2 Å². The van der Waals surface area contributed by atoms with Gasteiger partial charge in [-0.25, -0.2) is 0 Å². The second-order valence-electron chi connectivity index (χ2n) is 5.86. The van der Waals surface area contributed by atoms with E-state index in [0.29, 0.717) is 11.6 Å². The predicted octanol–water partition coefficient (Wildman–Crippen LogP) is 0.979. The van der Waals surface area contributed by atoms with Crippen molar-refractivity contribution in [3.05, 3.63) is 34.2 Å². The van der Waals surface area contributed by atoms with Crippen LogP contribution < -0.4 is 10.9 Å². The molecule has 2 fully saturated rings. The van der Waals surface area contributed by atoms with Gasteiger partial charge in [-0.2, -0.15) is 0 Å². The first kappa shape index (κ1) is 13.4. The van der Waals surface area contributed by atoms with E-state index in [9.17, 15) is 9.59 Å². The maximum Gasteiger partial charge on any atom is 0.254 e. The van der Waals surface area contributed by atoms with Crippen molar-refractivity contribution in [3.63, 3.8) is 0 Å². The minimum Gasteiger partial charge on any atom is -0.339 e. The maximum atomic E-state index is 12.3. The summed E-state index contributed by atoms with van der Waals surface area (Å²) in [5, 5.41) is 3.60. The number of aromatic nitrogens is 1. The van der Waals surface area contributed by atoms with Gasteiger partial charge >= 0.3 is 0 Å². The van der Waals surface area contributed by atoms with Gasteiger partial charge < -0.3 is 15.2 Å². The lowest BCUT2D eigenvalue weighted by Crippen LogP contribution is -2.45. The molecule has 0 unspecified atom stereocenters. The van der Waals surface area contributed by atoms with Crippen molar-refractivity contribution in [2.75, 3.05) is 19.6 Å². The molecule has 5 heteroatoms. The van der Waals surface area contributed by atoms with Gasteiger partial charge in [0.15, 0.2) is 0 Å². The van der Waals surface area contributed by atoms with E-state index in [2.05, 4.69) is 10.3 Å². The Bertz CT molecular complexity index is 528. The first-order chi connectivity index (χ1) is 9.72. The average Bonchev–Trinajstić information content (AvgIpc) is 3.29. The van der Waals surface area contributed by atoms with Gasteiger partial charge in [-0.15, -0.1) is 0 Å². The zero-order valence-corrected chi connectivity index (χ0v) is 11.6. The molecule has 1 saturated heterocycles. The molecule has 0 spiro atoms. The summed E-state index contributed by atoms with van der Waals surface area (Å²) in [6.07, 6.45) is 6.27. The summed E-state index contributed by atoms with van der Waals surface area (Å²) in [4.78, 5) is 27.9. The number of nitrogens with one attached hydrogen (secondary N) is 2. The van der Waals surface area contributed by atoms with Crippen LogP contribution in [0.3, 0.4) is 0 Å². The van der Waals surface area contributed by atoms with Gasteiger partial charge in [0.25, 0.3) is 5.91 Å². The number of hydrogen-bond donors (Lipinski definition) is 2. The molecule has 20 heavy (non-hydrogen) atoms. The third-order valence-electron chi connectivity index (χ3n) is 4.20. The molecule has 1 amide bonds. The number of carbonyl (C=O) groups is 1. The molecule has 1 aromatic rings. The number of nitrogens with zero attached hydrogens (tertiary/aromatic N) is 1. The quantitative estimate of drug-likeness (QED) is 0.861. The van der Waals surface area contributed by atoms with E-state index in [0.717, 1.165) is 38.4 Å². The van der Waals surface area contributed by atoms with Gasteiger partial charge in [-0.1, -0.05) is 0 Å². The Morgan fingerprint density at radius 1 is 1.30 bits per heavy atom. The van der Waals surface area contributed by atoms with E-state index in [1.54, 1.807) is 6.07 Å². The highest BCUT2D eigenvalue weighted by Gasteiger charge is 2.26. The first-order valence-electron chi connectivity index (χ1n) is 7.44. The van der Waals surface area contributed by atoms with E-state index >= 15 is 0 Å². The number of likely N-dealkylation sites (tertiary alicyclic amines) is 1. The molecule has 2 N–H and O–H groups in total. The van der Waals surface area contributed by atoms with Crippen LogP contribution in [0.5, 0.6) is 0 Å². The maximum absolute atomic E-state index is 12.3. The van der Waals surface area contributed by atoms with Crippen molar-refractivity contribution in [2.24, 2.45) is 5.92 Å². The Labute approximate surface area is 118 Å². The molecular weight excluding hydrogens is 254 g/mol. The highest BCUT2D eigenvalue weighted by molar-refractivity contribution is 5.94. The number of rotatable bonds is 4. The minimum atomic E-state index is -0.225. The standard InChI is InChI=1S/C15H21N3O2/c19-14-9-12(3-6-16-14)15(20)18-7-4-13(5-8-18)17-10-11-1-2-11/h3,6,9,11,13,17H,1-2,4-5,7-8,10H2,(H,16,19). The highest BCUT2D eigenvalue weighted by atomic mass is 16.2. The summed E-state index contributed by atoms with van der Waals surface area (Å²) in [5.41, 5.74) is 0.259. The van der Waals surface area contributed by atoms with Crippen LogP contribution in [0.2, 0.25) is 0 Å². The topological polar surface area (TPSA) is 65.2 Å². The van der Waals surface area contributed by atoms with Crippen LogP contribution in [0, 0.1) is 5.92 Å². The predicted molar refractivity (Wildman–Crippen MR) is 76.7 cm³/mol. The smallest absolute Gasteiger partial charge is 0.254 e.